The van der Waals surface area contributed by atoms with Gasteiger partial charge in [0.2, 0.25) is 11.8 Å². The van der Waals surface area contributed by atoms with Crippen LogP contribution in [-0.4, -0.2) is 44.8 Å². The minimum Gasteiger partial charge on any atom is -0.357 e. The van der Waals surface area contributed by atoms with Crippen LogP contribution in [0.4, 0.5) is 5.69 Å². The molecule has 1 unspecified atom stereocenters. The topological polar surface area (TPSA) is 86.8 Å². The van der Waals surface area contributed by atoms with Crippen molar-refractivity contribution in [2.24, 2.45) is 0 Å². The van der Waals surface area contributed by atoms with Crippen molar-refractivity contribution in [2.75, 3.05) is 17.9 Å². The van der Waals surface area contributed by atoms with Gasteiger partial charge in [-0.2, -0.15) is 0 Å². The quantitative estimate of drug-likeness (QED) is 0.393. The predicted molar refractivity (Wildman–Crippen MR) is 143 cm³/mol. The molecule has 7 nitrogen and oxygen atoms in total. The van der Waals surface area contributed by atoms with E-state index in [0.717, 1.165) is 4.31 Å². The maximum absolute atomic E-state index is 13.7. The number of amides is 2. The number of carbonyl (C=O) groups is 2. The summed E-state index contributed by atoms with van der Waals surface area (Å²) in [5.41, 5.74) is 0.752. The van der Waals surface area contributed by atoms with Gasteiger partial charge in [-0.05, 0) is 48.9 Å². The van der Waals surface area contributed by atoms with E-state index in [9.17, 15) is 18.0 Å². The molecule has 0 aliphatic rings. The van der Waals surface area contributed by atoms with Crippen molar-refractivity contribution in [3.8, 4) is 0 Å². The van der Waals surface area contributed by atoms with Crippen LogP contribution in [0.15, 0.2) is 77.7 Å². The maximum Gasteiger partial charge on any atom is 0.264 e. The Morgan fingerprint density at radius 1 is 0.889 bits per heavy atom. The first kappa shape index (κ1) is 27.8. The SMILES string of the molecule is CNC(=O)C(C)N(Cc1ccccc1Cl)C(=O)CN(c1ccc(Cl)c(Cl)c1)S(=O)(=O)c1ccccc1. The van der Waals surface area contributed by atoms with E-state index in [0.29, 0.717) is 10.6 Å². The Morgan fingerprint density at radius 2 is 1.53 bits per heavy atom. The van der Waals surface area contributed by atoms with Crippen molar-refractivity contribution in [1.29, 1.82) is 0 Å². The minimum absolute atomic E-state index is 0.00626. The van der Waals surface area contributed by atoms with Gasteiger partial charge in [0.25, 0.3) is 10.0 Å². The van der Waals surface area contributed by atoms with Crippen LogP contribution in [0.25, 0.3) is 0 Å². The zero-order valence-electron chi connectivity index (χ0n) is 19.5. The molecule has 0 aromatic heterocycles. The van der Waals surface area contributed by atoms with E-state index in [1.54, 1.807) is 49.4 Å². The molecule has 3 aromatic rings. The molecule has 0 saturated carbocycles. The van der Waals surface area contributed by atoms with E-state index in [-0.39, 0.29) is 27.2 Å². The number of anilines is 1. The van der Waals surface area contributed by atoms with Gasteiger partial charge in [-0.3, -0.25) is 13.9 Å². The molecule has 36 heavy (non-hydrogen) atoms. The van der Waals surface area contributed by atoms with Crippen molar-refractivity contribution < 1.29 is 18.0 Å². The predicted octanol–water partition coefficient (Wildman–Crippen LogP) is 5.01. The maximum atomic E-state index is 13.7. The lowest BCUT2D eigenvalue weighted by Crippen LogP contribution is -2.50. The fourth-order valence-electron chi connectivity index (χ4n) is 3.49. The lowest BCUT2D eigenvalue weighted by atomic mass is 10.1. The third-order valence-corrected chi connectivity index (χ3v) is 8.41. The molecule has 0 heterocycles. The molecular formula is C25H24Cl3N3O4S. The van der Waals surface area contributed by atoms with Crippen LogP contribution in [0, 0.1) is 0 Å². The van der Waals surface area contributed by atoms with E-state index in [1.807, 2.05) is 0 Å². The number of nitrogens with one attached hydrogen (secondary N) is 1. The molecule has 0 spiro atoms. The summed E-state index contributed by atoms with van der Waals surface area (Å²) in [4.78, 5) is 27.4. The fraction of sp³-hybridized carbons (Fsp3) is 0.200. The van der Waals surface area contributed by atoms with Gasteiger partial charge in [-0.15, -0.1) is 0 Å². The van der Waals surface area contributed by atoms with E-state index in [4.69, 9.17) is 34.8 Å². The Hall–Kier alpha value is -2.78. The van der Waals surface area contributed by atoms with Crippen molar-refractivity contribution >= 4 is 62.3 Å². The average Bonchev–Trinajstić information content (AvgIpc) is 2.87. The average molecular weight is 569 g/mol. The third-order valence-electron chi connectivity index (χ3n) is 5.51. The first-order valence-corrected chi connectivity index (χ1v) is 13.4. The summed E-state index contributed by atoms with van der Waals surface area (Å²) >= 11 is 18.5. The molecule has 190 valence electrons. The summed E-state index contributed by atoms with van der Waals surface area (Å²) in [5.74, 6) is -1.03. The molecule has 0 radical (unpaired) electrons. The molecule has 0 fully saturated rings. The molecule has 2 amide bonds. The van der Waals surface area contributed by atoms with Gasteiger partial charge >= 0.3 is 0 Å². The largest absolute Gasteiger partial charge is 0.357 e. The van der Waals surface area contributed by atoms with Crippen LogP contribution in [0.5, 0.6) is 0 Å². The van der Waals surface area contributed by atoms with Crippen LogP contribution in [0.1, 0.15) is 12.5 Å². The van der Waals surface area contributed by atoms with E-state index < -0.39 is 34.4 Å². The number of hydrogen-bond donors (Lipinski definition) is 1. The standard InChI is InChI=1S/C25H24Cl3N3O4S/c1-17(25(33)29-2)30(15-18-8-6-7-11-21(18)26)24(32)16-31(19-12-13-22(27)23(28)14-19)36(34,35)20-9-4-3-5-10-20/h3-14,17H,15-16H2,1-2H3,(H,29,33). The highest BCUT2D eigenvalue weighted by Crippen LogP contribution is 2.31. The summed E-state index contributed by atoms with van der Waals surface area (Å²) < 4.78 is 28.2. The summed E-state index contributed by atoms with van der Waals surface area (Å²) in [7, 11) is -2.73. The number of hydrogen-bond acceptors (Lipinski definition) is 4. The lowest BCUT2D eigenvalue weighted by Gasteiger charge is -2.32. The van der Waals surface area contributed by atoms with Crippen molar-refractivity contribution in [3.63, 3.8) is 0 Å². The van der Waals surface area contributed by atoms with E-state index >= 15 is 0 Å². The Bertz CT molecular complexity index is 1350. The molecule has 1 N–H and O–H groups in total. The Kier molecular flexibility index (Phi) is 9.24. The second-order valence-corrected chi connectivity index (χ2v) is 10.9. The fourth-order valence-corrected chi connectivity index (χ4v) is 5.41. The number of carbonyl (C=O) groups excluding carboxylic acids is 2. The second-order valence-electron chi connectivity index (χ2n) is 7.83. The first-order chi connectivity index (χ1) is 17.1. The number of likely N-dealkylation sites (N-methyl/N-ethyl adjacent to an activating group) is 1. The van der Waals surface area contributed by atoms with Gasteiger partial charge < -0.3 is 10.2 Å². The smallest absolute Gasteiger partial charge is 0.264 e. The van der Waals surface area contributed by atoms with Gasteiger partial charge in [0.15, 0.2) is 0 Å². The van der Waals surface area contributed by atoms with Crippen LogP contribution in [-0.2, 0) is 26.2 Å². The molecule has 0 saturated heterocycles. The Balaban J connectivity index is 2.06. The Labute approximate surface area is 225 Å². The van der Waals surface area contributed by atoms with Crippen molar-refractivity contribution in [1.82, 2.24) is 10.2 Å². The molecule has 1 atom stereocenters. The van der Waals surface area contributed by atoms with E-state index in [1.165, 1.54) is 42.3 Å². The summed E-state index contributed by atoms with van der Waals surface area (Å²) in [5, 5.41) is 3.30. The summed E-state index contributed by atoms with van der Waals surface area (Å²) in [6.45, 7) is 0.956. The lowest BCUT2D eigenvalue weighted by molar-refractivity contribution is -0.139. The van der Waals surface area contributed by atoms with Crippen molar-refractivity contribution in [2.45, 2.75) is 24.4 Å². The summed E-state index contributed by atoms with van der Waals surface area (Å²) in [6.07, 6.45) is 0. The highest BCUT2D eigenvalue weighted by molar-refractivity contribution is 7.92. The van der Waals surface area contributed by atoms with Crippen LogP contribution < -0.4 is 9.62 Å². The molecule has 0 aliphatic carbocycles. The second kappa shape index (κ2) is 12.0. The summed E-state index contributed by atoms with van der Waals surface area (Å²) in [6, 6.07) is 18.0. The molecular weight excluding hydrogens is 545 g/mol. The number of sulfonamides is 1. The Morgan fingerprint density at radius 3 is 2.14 bits per heavy atom. The van der Waals surface area contributed by atoms with E-state index in [2.05, 4.69) is 5.32 Å². The van der Waals surface area contributed by atoms with Crippen molar-refractivity contribution in [3.05, 3.63) is 93.4 Å². The van der Waals surface area contributed by atoms with Gasteiger partial charge in [-0.25, -0.2) is 8.42 Å². The monoisotopic (exact) mass is 567 g/mol. The number of halogens is 3. The molecule has 11 heteroatoms. The van der Waals surface area contributed by atoms with Gasteiger partial charge in [-0.1, -0.05) is 71.2 Å². The highest BCUT2D eigenvalue weighted by atomic mass is 35.5. The molecule has 3 aromatic carbocycles. The van der Waals surface area contributed by atoms with Crippen LogP contribution in [0.3, 0.4) is 0 Å². The zero-order valence-corrected chi connectivity index (χ0v) is 22.6. The number of rotatable bonds is 9. The number of nitrogens with zero attached hydrogens (tertiary/aromatic N) is 2. The van der Waals surface area contributed by atoms with Gasteiger partial charge in [0.1, 0.15) is 12.6 Å². The van der Waals surface area contributed by atoms with Gasteiger partial charge in [0.05, 0.1) is 20.6 Å². The zero-order chi connectivity index (χ0) is 26.5. The molecule has 0 bridgehead atoms. The van der Waals surface area contributed by atoms with Crippen LogP contribution in [0.2, 0.25) is 15.1 Å². The normalized spacial score (nSPS) is 12.0. The van der Waals surface area contributed by atoms with Gasteiger partial charge in [0, 0.05) is 18.6 Å². The first-order valence-electron chi connectivity index (χ1n) is 10.8. The van der Waals surface area contributed by atoms with Crippen LogP contribution >= 0.6 is 34.8 Å². The minimum atomic E-state index is -4.19. The highest BCUT2D eigenvalue weighted by Gasteiger charge is 2.32. The third kappa shape index (κ3) is 6.31. The molecule has 3 rings (SSSR count). The number of benzene rings is 3. The molecule has 0 aliphatic heterocycles.